The van der Waals surface area contributed by atoms with Crippen LogP contribution in [0.3, 0.4) is 0 Å². The van der Waals surface area contributed by atoms with Crippen molar-refractivity contribution in [3.05, 3.63) is 41.7 Å². The van der Waals surface area contributed by atoms with Crippen molar-refractivity contribution in [2.75, 3.05) is 23.3 Å². The van der Waals surface area contributed by atoms with Gasteiger partial charge in [0.15, 0.2) is 11.6 Å². The minimum atomic E-state index is -4.41. The molecule has 0 saturated carbocycles. The topological polar surface area (TPSA) is 216 Å². The van der Waals surface area contributed by atoms with E-state index in [1.54, 1.807) is 11.8 Å². The highest BCUT2D eigenvalue weighted by molar-refractivity contribution is 7.85. The van der Waals surface area contributed by atoms with Crippen LogP contribution in [0.1, 0.15) is 31.0 Å². The van der Waals surface area contributed by atoms with Crippen molar-refractivity contribution in [1.29, 1.82) is 5.26 Å². The van der Waals surface area contributed by atoms with Gasteiger partial charge in [-0.15, -0.1) is 10.2 Å². The van der Waals surface area contributed by atoms with Crippen LogP contribution in [0.2, 0.25) is 0 Å². The largest absolute Gasteiger partial charge is 0.481 e. The second kappa shape index (κ2) is 10.9. The number of aliphatic carboxylic acids is 1. The second-order valence-corrected chi connectivity index (χ2v) is 10.1. The van der Waals surface area contributed by atoms with Gasteiger partial charge in [-0.05, 0) is 44.0 Å². The van der Waals surface area contributed by atoms with E-state index in [4.69, 9.17) is 0 Å². The van der Waals surface area contributed by atoms with E-state index in [2.05, 4.69) is 30.6 Å². The summed E-state index contributed by atoms with van der Waals surface area (Å²) in [5, 5.41) is 34.1. The zero-order chi connectivity index (χ0) is 28.3. The predicted octanol–water partition coefficient (Wildman–Crippen LogP) is 2.76. The lowest BCUT2D eigenvalue weighted by atomic mass is 9.98. The Balaban J connectivity index is 1.72. The Morgan fingerprint density at radius 1 is 1.23 bits per heavy atom. The number of rotatable bonds is 7. The molecule has 0 spiro atoms. The van der Waals surface area contributed by atoms with E-state index in [-0.39, 0.29) is 34.5 Å². The number of hydrogen-bond donors (Lipinski definition) is 3. The monoisotopic (exact) mass is 553 g/mol. The Bertz CT molecular complexity index is 1610. The van der Waals surface area contributed by atoms with Gasteiger partial charge in [-0.3, -0.25) is 14.1 Å². The molecule has 1 fully saturated rings. The van der Waals surface area contributed by atoms with E-state index >= 15 is 0 Å². The normalized spacial score (nSPS) is 15.7. The lowest BCUT2D eigenvalue weighted by molar-refractivity contribution is -0.142. The Labute approximate surface area is 222 Å². The number of nitrogens with zero attached hydrogens (tertiary/aromatic N) is 8. The van der Waals surface area contributed by atoms with Gasteiger partial charge >= 0.3 is 5.97 Å². The van der Waals surface area contributed by atoms with Crippen LogP contribution >= 0.6 is 0 Å². The molecular weight excluding hydrogens is 530 g/mol. The van der Waals surface area contributed by atoms with Crippen LogP contribution in [-0.4, -0.2) is 62.8 Å². The number of hydrogen-bond acceptors (Lipinski definition) is 11. The molecular formula is C23H23N9O6S. The van der Waals surface area contributed by atoms with Gasteiger partial charge in [-0.1, -0.05) is 0 Å². The summed E-state index contributed by atoms with van der Waals surface area (Å²) in [6.45, 7) is 3.67. The Hall–Kier alpha value is -4.75. The number of nitrogens with one attached hydrogen (secondary N) is 1. The lowest BCUT2D eigenvalue weighted by Crippen LogP contribution is -2.39. The van der Waals surface area contributed by atoms with Crippen LogP contribution in [-0.2, 0) is 19.7 Å². The van der Waals surface area contributed by atoms with E-state index in [0.29, 0.717) is 36.6 Å². The zero-order valence-corrected chi connectivity index (χ0v) is 21.6. The molecule has 39 heavy (non-hydrogen) atoms. The quantitative estimate of drug-likeness (QED) is 0.285. The molecule has 1 aromatic carbocycles. The number of aryl methyl sites for hydroxylation is 1. The van der Waals surface area contributed by atoms with E-state index in [9.17, 15) is 32.9 Å². The van der Waals surface area contributed by atoms with Gasteiger partial charge in [0.2, 0.25) is 11.7 Å². The summed E-state index contributed by atoms with van der Waals surface area (Å²) in [6.07, 6.45) is 2.60. The van der Waals surface area contributed by atoms with Gasteiger partial charge in [0.05, 0.1) is 28.4 Å². The molecule has 15 nitrogen and oxygen atoms in total. The summed E-state index contributed by atoms with van der Waals surface area (Å²) < 4.78 is 33.3. The number of azo groups is 1. The number of nitriles is 1. The molecule has 0 radical (unpaired) electrons. The molecule has 4 rings (SSSR count). The van der Waals surface area contributed by atoms with Crippen molar-refractivity contribution in [3.63, 3.8) is 0 Å². The molecule has 1 aliphatic rings. The van der Waals surface area contributed by atoms with Gasteiger partial charge in [0.25, 0.3) is 10.1 Å². The molecule has 16 heteroatoms. The molecule has 202 valence electrons. The highest BCUT2D eigenvalue weighted by Gasteiger charge is 2.27. The fourth-order valence-corrected chi connectivity index (χ4v) is 4.49. The van der Waals surface area contributed by atoms with Gasteiger partial charge in [0, 0.05) is 20.0 Å². The molecule has 1 unspecified atom stereocenters. The molecule has 0 bridgehead atoms. The Morgan fingerprint density at radius 3 is 2.56 bits per heavy atom. The number of carboxylic acids is 1. The standard InChI is InChI=1S/C23H23N9O6S/c1-13-18(10-24)22(32(30-13)16-5-7-17(8-6-16)39(36,37)38)29-28-20-21(26-14(2)33)27-19(11-25-20)31-9-3-4-15(12-31)23(34)35/h5-8,11,15H,3-4,9,12H2,1-2H3,(H,34,35)(H,26,27,33)(H,36,37,38)/b29-28+. The second-order valence-electron chi connectivity index (χ2n) is 8.68. The summed E-state index contributed by atoms with van der Waals surface area (Å²) in [5.41, 5.74) is 0.755. The van der Waals surface area contributed by atoms with Crippen LogP contribution in [0, 0.1) is 24.2 Å². The Kier molecular flexibility index (Phi) is 7.65. The van der Waals surface area contributed by atoms with Crippen molar-refractivity contribution in [3.8, 4) is 11.8 Å². The third-order valence-corrected chi connectivity index (χ3v) is 6.76. The van der Waals surface area contributed by atoms with Crippen LogP contribution in [0.15, 0.2) is 45.6 Å². The van der Waals surface area contributed by atoms with Gasteiger partial charge in [0.1, 0.15) is 17.5 Å². The third kappa shape index (κ3) is 6.05. The molecule has 1 atom stereocenters. The first-order valence-corrected chi connectivity index (χ1v) is 13.0. The maximum atomic E-state index is 11.8. The van der Waals surface area contributed by atoms with Gasteiger partial charge in [-0.25, -0.2) is 14.6 Å². The first-order chi connectivity index (χ1) is 18.5. The average molecular weight is 554 g/mol. The van der Waals surface area contributed by atoms with E-state index in [1.807, 2.05) is 6.07 Å². The molecule has 1 saturated heterocycles. The number of anilines is 2. The van der Waals surface area contributed by atoms with Crippen molar-refractivity contribution >= 4 is 45.3 Å². The van der Waals surface area contributed by atoms with E-state index in [0.717, 1.165) is 0 Å². The SMILES string of the molecule is CC(=O)Nc1nc(N2CCCC(C(=O)O)C2)cnc1/N=N/c1c(C#N)c(C)nn1-c1ccc(S(=O)(=O)O)cc1. The molecule has 1 amide bonds. The molecule has 1 aliphatic heterocycles. The fourth-order valence-electron chi connectivity index (χ4n) is 4.01. The maximum absolute atomic E-state index is 11.8. The van der Waals surface area contributed by atoms with Crippen LogP contribution in [0.5, 0.6) is 0 Å². The van der Waals surface area contributed by atoms with Crippen molar-refractivity contribution < 1.29 is 27.7 Å². The fraction of sp³-hybridized carbons (Fsp3) is 0.304. The van der Waals surface area contributed by atoms with Crippen LogP contribution < -0.4 is 10.2 Å². The molecule has 0 aliphatic carbocycles. The summed E-state index contributed by atoms with van der Waals surface area (Å²) in [4.78, 5) is 33.4. The van der Waals surface area contributed by atoms with Gasteiger partial charge < -0.3 is 15.3 Å². The van der Waals surface area contributed by atoms with Crippen molar-refractivity contribution in [1.82, 2.24) is 19.7 Å². The summed E-state index contributed by atoms with van der Waals surface area (Å²) >= 11 is 0. The summed E-state index contributed by atoms with van der Waals surface area (Å²) in [7, 11) is -4.41. The van der Waals surface area contributed by atoms with E-state index in [1.165, 1.54) is 42.1 Å². The maximum Gasteiger partial charge on any atom is 0.308 e. The zero-order valence-electron chi connectivity index (χ0n) is 20.8. The molecule has 3 heterocycles. The summed E-state index contributed by atoms with van der Waals surface area (Å²) in [6, 6.07) is 7.09. The first kappa shape index (κ1) is 27.3. The molecule has 3 N–H and O–H groups in total. The first-order valence-electron chi connectivity index (χ1n) is 11.6. The average Bonchev–Trinajstić information content (AvgIpc) is 3.22. The Morgan fingerprint density at radius 2 is 1.95 bits per heavy atom. The molecule has 2 aromatic heterocycles. The number of carboxylic acid groups (broad SMARTS) is 1. The number of carbonyl (C=O) groups is 2. The minimum absolute atomic E-state index is 0.00888. The third-order valence-electron chi connectivity index (χ3n) is 5.90. The predicted molar refractivity (Wildman–Crippen MR) is 136 cm³/mol. The number of carbonyl (C=O) groups excluding carboxylic acids is 1. The lowest BCUT2D eigenvalue weighted by Gasteiger charge is -2.31. The highest BCUT2D eigenvalue weighted by Crippen LogP contribution is 2.31. The number of piperidine rings is 1. The number of aromatic nitrogens is 4. The summed E-state index contributed by atoms with van der Waals surface area (Å²) in [5.74, 6) is -1.61. The van der Waals surface area contributed by atoms with Crippen LogP contribution in [0.4, 0.5) is 23.3 Å². The minimum Gasteiger partial charge on any atom is -0.481 e. The van der Waals surface area contributed by atoms with Gasteiger partial charge in [-0.2, -0.15) is 18.8 Å². The number of amides is 1. The van der Waals surface area contributed by atoms with E-state index < -0.39 is 27.9 Å². The highest BCUT2D eigenvalue weighted by atomic mass is 32.2. The van der Waals surface area contributed by atoms with Crippen molar-refractivity contribution in [2.45, 2.75) is 31.6 Å². The van der Waals surface area contributed by atoms with Crippen molar-refractivity contribution in [2.24, 2.45) is 16.1 Å². The smallest absolute Gasteiger partial charge is 0.308 e. The molecule has 3 aromatic rings. The number of benzene rings is 1. The van der Waals surface area contributed by atoms with Crippen LogP contribution in [0.25, 0.3) is 5.69 Å².